The predicted octanol–water partition coefficient (Wildman–Crippen LogP) is 5.22. The van der Waals surface area contributed by atoms with Crippen LogP contribution in [0.5, 0.6) is 0 Å². The number of nitrogens with zero attached hydrogens (tertiary/aromatic N) is 1. The van der Waals surface area contributed by atoms with E-state index < -0.39 is 24.5 Å². The molecule has 0 spiro atoms. The summed E-state index contributed by atoms with van der Waals surface area (Å²) in [4.78, 5) is 65.3. The van der Waals surface area contributed by atoms with Gasteiger partial charge in [0.25, 0.3) is 5.91 Å². The fraction of sp³-hybridized carbons (Fsp3) is 0.343. The van der Waals surface area contributed by atoms with E-state index in [2.05, 4.69) is 17.4 Å². The Morgan fingerprint density at radius 2 is 1.41 bits per heavy atom. The molecule has 226 valence electrons. The number of imide groups is 1. The van der Waals surface area contributed by atoms with Gasteiger partial charge in [-0.1, -0.05) is 44.2 Å². The maximum Gasteiger partial charge on any atom is 0.338 e. The molecule has 9 heteroatoms. The third-order valence-corrected chi connectivity index (χ3v) is 8.89. The molecule has 3 amide bonds. The van der Waals surface area contributed by atoms with Crippen LogP contribution >= 0.6 is 0 Å². The highest BCUT2D eigenvalue weighted by atomic mass is 16.5. The number of carbonyl (C=O) groups is 5. The molecule has 0 unspecified atom stereocenters. The molecular weight excluding hydrogens is 560 g/mol. The van der Waals surface area contributed by atoms with Gasteiger partial charge in [0.05, 0.1) is 35.3 Å². The zero-order valence-electron chi connectivity index (χ0n) is 24.6. The van der Waals surface area contributed by atoms with E-state index in [1.807, 2.05) is 32.0 Å². The predicted molar refractivity (Wildman–Crippen MR) is 162 cm³/mol. The van der Waals surface area contributed by atoms with Crippen molar-refractivity contribution in [2.45, 2.75) is 32.6 Å². The highest BCUT2D eigenvalue weighted by Gasteiger charge is 2.64. The van der Waals surface area contributed by atoms with Crippen molar-refractivity contribution in [3.05, 3.63) is 95.6 Å². The molecule has 0 aromatic heterocycles. The SMILES string of the molecule is CC(C)COC(=O)c1ccc(NC(=O)COC(=O)c2ccc(N3C(=O)[C@@H]4[C@@H]5C[C@@H]([C@@H]4C3=O)[C@H](c3ccccc3)C5)cc2)cc1. The Morgan fingerprint density at radius 1 is 0.795 bits per heavy atom. The summed E-state index contributed by atoms with van der Waals surface area (Å²) in [5.41, 5.74) is 2.64. The van der Waals surface area contributed by atoms with Gasteiger partial charge in [0, 0.05) is 5.69 Å². The van der Waals surface area contributed by atoms with E-state index in [0.29, 0.717) is 23.5 Å². The van der Waals surface area contributed by atoms with E-state index >= 15 is 0 Å². The van der Waals surface area contributed by atoms with E-state index in [-0.39, 0.29) is 52.9 Å². The van der Waals surface area contributed by atoms with Crippen LogP contribution in [0.4, 0.5) is 11.4 Å². The number of hydrogen-bond acceptors (Lipinski definition) is 7. The molecule has 2 saturated carbocycles. The maximum atomic E-state index is 13.6. The zero-order chi connectivity index (χ0) is 31.0. The zero-order valence-corrected chi connectivity index (χ0v) is 24.6. The van der Waals surface area contributed by atoms with Gasteiger partial charge in [-0.15, -0.1) is 0 Å². The number of anilines is 2. The second-order valence-electron chi connectivity index (χ2n) is 12.2. The van der Waals surface area contributed by atoms with Gasteiger partial charge in [-0.3, -0.25) is 19.3 Å². The van der Waals surface area contributed by atoms with Crippen LogP contribution in [-0.4, -0.2) is 42.9 Å². The lowest BCUT2D eigenvalue weighted by Crippen LogP contribution is -2.33. The molecular formula is C35H34N2O7. The van der Waals surface area contributed by atoms with Crippen molar-refractivity contribution >= 4 is 41.0 Å². The number of amides is 3. The first kappa shape index (κ1) is 29.3. The monoisotopic (exact) mass is 594 g/mol. The van der Waals surface area contributed by atoms with Crippen molar-refractivity contribution in [3.8, 4) is 0 Å². The molecule has 9 nitrogen and oxygen atoms in total. The number of hydrogen-bond donors (Lipinski definition) is 1. The Morgan fingerprint density at radius 3 is 2.07 bits per heavy atom. The van der Waals surface area contributed by atoms with Gasteiger partial charge < -0.3 is 14.8 Å². The molecule has 2 bridgehead atoms. The van der Waals surface area contributed by atoms with E-state index in [4.69, 9.17) is 9.47 Å². The third kappa shape index (κ3) is 5.62. The second kappa shape index (κ2) is 12.1. The highest BCUT2D eigenvalue weighted by molar-refractivity contribution is 6.22. The maximum absolute atomic E-state index is 13.6. The standard InChI is InChI=1S/C35H34N2O7/c1-20(2)18-43-34(41)22-8-12-25(13-9-22)36-29(38)19-44-35(42)23-10-14-26(15-11-23)37-32(39)30-24-16-27(21-6-4-3-5-7-21)28(17-24)31(30)33(37)40/h3-15,20,24,27-28,30-31H,16-19H2,1-2H3,(H,36,38)/t24-,27-,28+,30+,31-/m0/s1. The topological polar surface area (TPSA) is 119 Å². The number of carbonyl (C=O) groups excluding carboxylic acids is 5. The Hall–Kier alpha value is -4.79. The Bertz CT molecular complexity index is 1580. The van der Waals surface area contributed by atoms with Crippen LogP contribution in [-0.2, 0) is 23.9 Å². The number of rotatable bonds is 9. The van der Waals surface area contributed by atoms with Crippen LogP contribution in [0.1, 0.15) is 58.9 Å². The van der Waals surface area contributed by atoms with Crippen LogP contribution in [0, 0.1) is 29.6 Å². The van der Waals surface area contributed by atoms with Crippen LogP contribution in [0.25, 0.3) is 0 Å². The fourth-order valence-electron chi connectivity index (χ4n) is 6.97. The molecule has 1 heterocycles. The van der Waals surface area contributed by atoms with Crippen molar-refractivity contribution in [2.75, 3.05) is 23.4 Å². The van der Waals surface area contributed by atoms with Gasteiger partial charge in [-0.05, 0) is 90.6 Å². The molecule has 1 aliphatic heterocycles. The minimum Gasteiger partial charge on any atom is -0.462 e. The van der Waals surface area contributed by atoms with Crippen molar-refractivity contribution in [1.82, 2.24) is 0 Å². The van der Waals surface area contributed by atoms with Crippen LogP contribution in [0.2, 0.25) is 0 Å². The summed E-state index contributed by atoms with van der Waals surface area (Å²) in [5.74, 6) is -1.78. The van der Waals surface area contributed by atoms with E-state index in [0.717, 1.165) is 12.8 Å². The minimum atomic E-state index is -0.713. The Balaban J connectivity index is 1.03. The summed E-state index contributed by atoms with van der Waals surface area (Å²) >= 11 is 0. The third-order valence-electron chi connectivity index (χ3n) is 8.89. The smallest absolute Gasteiger partial charge is 0.338 e. The average Bonchev–Trinajstić information content (AvgIpc) is 3.70. The first-order valence-electron chi connectivity index (χ1n) is 15.0. The van der Waals surface area contributed by atoms with Gasteiger partial charge >= 0.3 is 11.9 Å². The molecule has 0 radical (unpaired) electrons. The van der Waals surface area contributed by atoms with Crippen LogP contribution in [0.3, 0.4) is 0 Å². The van der Waals surface area contributed by atoms with E-state index in [9.17, 15) is 24.0 Å². The van der Waals surface area contributed by atoms with Gasteiger partial charge in [0.1, 0.15) is 0 Å². The first-order valence-corrected chi connectivity index (χ1v) is 15.0. The number of nitrogens with one attached hydrogen (secondary N) is 1. The largest absolute Gasteiger partial charge is 0.462 e. The average molecular weight is 595 g/mol. The molecule has 6 rings (SSSR count). The number of fused-ring (bicyclic) bond motifs is 5. The molecule has 3 fully saturated rings. The lowest BCUT2D eigenvalue weighted by atomic mass is 9.73. The van der Waals surface area contributed by atoms with Crippen LogP contribution in [0.15, 0.2) is 78.9 Å². The Kier molecular flexibility index (Phi) is 8.03. The molecule has 3 aromatic carbocycles. The highest BCUT2D eigenvalue weighted by Crippen LogP contribution is 2.61. The quantitative estimate of drug-likeness (QED) is 0.266. The summed E-state index contributed by atoms with van der Waals surface area (Å²) in [6.07, 6.45) is 1.82. The van der Waals surface area contributed by atoms with Crippen LogP contribution < -0.4 is 10.2 Å². The lowest BCUT2D eigenvalue weighted by Gasteiger charge is -2.28. The normalized spacial score (nSPS) is 23.5. The molecule has 3 aliphatic rings. The number of benzene rings is 3. The van der Waals surface area contributed by atoms with Gasteiger partial charge in [-0.2, -0.15) is 0 Å². The van der Waals surface area contributed by atoms with Gasteiger partial charge in [0.2, 0.25) is 11.8 Å². The Labute approximate surface area is 255 Å². The van der Waals surface area contributed by atoms with Crippen molar-refractivity contribution in [1.29, 1.82) is 0 Å². The van der Waals surface area contributed by atoms with Crippen molar-refractivity contribution in [2.24, 2.45) is 29.6 Å². The molecule has 1 saturated heterocycles. The summed E-state index contributed by atoms with van der Waals surface area (Å²) in [6.45, 7) is 3.69. The molecule has 44 heavy (non-hydrogen) atoms. The number of ether oxygens (including phenoxy) is 2. The summed E-state index contributed by atoms with van der Waals surface area (Å²) in [6, 6.07) is 22.5. The molecule has 1 N–H and O–H groups in total. The van der Waals surface area contributed by atoms with Crippen molar-refractivity contribution in [3.63, 3.8) is 0 Å². The van der Waals surface area contributed by atoms with E-state index in [1.165, 1.54) is 22.6 Å². The second-order valence-corrected chi connectivity index (χ2v) is 12.2. The van der Waals surface area contributed by atoms with Crippen molar-refractivity contribution < 1.29 is 33.4 Å². The molecule has 5 atom stereocenters. The fourth-order valence-corrected chi connectivity index (χ4v) is 6.97. The summed E-state index contributed by atoms with van der Waals surface area (Å²) < 4.78 is 10.4. The van der Waals surface area contributed by atoms with E-state index in [1.54, 1.807) is 36.4 Å². The number of esters is 2. The lowest BCUT2D eigenvalue weighted by molar-refractivity contribution is -0.123. The first-order chi connectivity index (χ1) is 21.2. The van der Waals surface area contributed by atoms with Gasteiger partial charge in [0.15, 0.2) is 6.61 Å². The molecule has 3 aromatic rings. The minimum absolute atomic E-state index is 0.151. The summed E-state index contributed by atoms with van der Waals surface area (Å²) in [7, 11) is 0. The molecule has 2 aliphatic carbocycles. The summed E-state index contributed by atoms with van der Waals surface area (Å²) in [5, 5.41) is 2.62. The van der Waals surface area contributed by atoms with Gasteiger partial charge in [-0.25, -0.2) is 9.59 Å².